The largest absolute Gasteiger partial charge is 0.493 e. The van der Waals surface area contributed by atoms with Crippen LogP contribution in [0.4, 0.5) is 4.39 Å². The quantitative estimate of drug-likeness (QED) is 0.750. The van der Waals surface area contributed by atoms with Crippen molar-refractivity contribution in [2.75, 3.05) is 20.8 Å². The third-order valence-corrected chi connectivity index (χ3v) is 6.08. The highest BCUT2D eigenvalue weighted by molar-refractivity contribution is 5.84. The summed E-state index contributed by atoms with van der Waals surface area (Å²) in [5, 5.41) is 14.2. The van der Waals surface area contributed by atoms with E-state index < -0.39 is 5.60 Å². The minimum atomic E-state index is -1.15. The molecule has 0 aromatic heterocycles. The maximum Gasteiger partial charge on any atom is 0.227 e. The fourth-order valence-corrected chi connectivity index (χ4v) is 4.30. The predicted octanol–water partition coefficient (Wildman–Crippen LogP) is 3.29. The molecule has 4 rings (SSSR count). The van der Waals surface area contributed by atoms with Gasteiger partial charge in [0.1, 0.15) is 11.4 Å². The Balaban J connectivity index is 1.51. The maximum atomic E-state index is 13.3. The Hall–Kier alpha value is -2.60. The zero-order valence-corrected chi connectivity index (χ0v) is 16.7. The average molecular weight is 399 g/mol. The minimum Gasteiger partial charge on any atom is -0.493 e. The number of fused-ring (bicyclic) bond motifs is 1. The number of amides is 1. The van der Waals surface area contributed by atoms with Gasteiger partial charge >= 0.3 is 0 Å². The second kappa shape index (κ2) is 7.67. The SMILES string of the molecule is COc1cc2c(cc1OC)C(O)(CNC(=O)C(c1ccc(F)cc1)C1CC1)CC2. The molecule has 2 aliphatic carbocycles. The van der Waals surface area contributed by atoms with Gasteiger partial charge in [-0.25, -0.2) is 4.39 Å². The number of halogens is 1. The Bertz CT molecular complexity index is 910. The zero-order valence-electron chi connectivity index (χ0n) is 16.7. The van der Waals surface area contributed by atoms with Crippen LogP contribution in [0.15, 0.2) is 36.4 Å². The lowest BCUT2D eigenvalue weighted by molar-refractivity contribution is -0.124. The van der Waals surface area contributed by atoms with Crippen molar-refractivity contribution in [3.63, 3.8) is 0 Å². The highest BCUT2D eigenvalue weighted by Crippen LogP contribution is 2.44. The van der Waals surface area contributed by atoms with E-state index in [0.717, 1.165) is 29.5 Å². The van der Waals surface area contributed by atoms with Crippen molar-refractivity contribution < 1.29 is 23.8 Å². The first kappa shape index (κ1) is 19.7. The first-order valence-electron chi connectivity index (χ1n) is 9.96. The van der Waals surface area contributed by atoms with Gasteiger partial charge in [0.2, 0.25) is 5.91 Å². The number of carbonyl (C=O) groups excluding carboxylic acids is 1. The summed E-state index contributed by atoms with van der Waals surface area (Å²) in [5.41, 5.74) is 1.43. The molecule has 2 unspecified atom stereocenters. The smallest absolute Gasteiger partial charge is 0.227 e. The molecule has 1 saturated carbocycles. The molecule has 154 valence electrons. The Morgan fingerprint density at radius 1 is 1.21 bits per heavy atom. The second-order valence-corrected chi connectivity index (χ2v) is 7.98. The van der Waals surface area contributed by atoms with Gasteiger partial charge in [0.25, 0.3) is 0 Å². The van der Waals surface area contributed by atoms with Crippen LogP contribution in [0.25, 0.3) is 0 Å². The summed E-state index contributed by atoms with van der Waals surface area (Å²) in [5.74, 6) is 0.705. The fourth-order valence-electron chi connectivity index (χ4n) is 4.30. The first-order valence-corrected chi connectivity index (χ1v) is 9.96. The lowest BCUT2D eigenvalue weighted by Crippen LogP contribution is -2.41. The molecule has 1 amide bonds. The Kier molecular flexibility index (Phi) is 5.21. The van der Waals surface area contributed by atoms with Gasteiger partial charge in [-0.1, -0.05) is 12.1 Å². The number of aryl methyl sites for hydroxylation is 1. The van der Waals surface area contributed by atoms with E-state index >= 15 is 0 Å². The number of hydrogen-bond acceptors (Lipinski definition) is 4. The van der Waals surface area contributed by atoms with Crippen LogP contribution in [-0.4, -0.2) is 31.8 Å². The van der Waals surface area contributed by atoms with Crippen molar-refractivity contribution in [1.29, 1.82) is 0 Å². The molecule has 5 nitrogen and oxygen atoms in total. The van der Waals surface area contributed by atoms with Crippen LogP contribution >= 0.6 is 0 Å². The van der Waals surface area contributed by atoms with Gasteiger partial charge in [0.15, 0.2) is 11.5 Å². The van der Waals surface area contributed by atoms with Crippen LogP contribution in [-0.2, 0) is 16.8 Å². The van der Waals surface area contributed by atoms with E-state index in [1.165, 1.54) is 12.1 Å². The highest BCUT2D eigenvalue weighted by Gasteiger charge is 2.41. The van der Waals surface area contributed by atoms with Crippen molar-refractivity contribution in [2.45, 2.75) is 37.2 Å². The molecule has 0 aliphatic heterocycles. The van der Waals surface area contributed by atoms with Crippen LogP contribution in [0.1, 0.15) is 41.9 Å². The van der Waals surface area contributed by atoms with Crippen molar-refractivity contribution in [3.8, 4) is 11.5 Å². The van der Waals surface area contributed by atoms with Gasteiger partial charge in [0.05, 0.1) is 26.7 Å². The van der Waals surface area contributed by atoms with Crippen LogP contribution in [0.2, 0.25) is 0 Å². The monoisotopic (exact) mass is 399 g/mol. The van der Waals surface area contributed by atoms with Gasteiger partial charge in [-0.2, -0.15) is 0 Å². The van der Waals surface area contributed by atoms with Gasteiger partial charge in [-0.15, -0.1) is 0 Å². The summed E-state index contributed by atoms with van der Waals surface area (Å²) in [6.07, 6.45) is 3.19. The molecule has 0 radical (unpaired) electrons. The normalized spacial score (nSPS) is 21.4. The molecule has 2 aromatic carbocycles. The third kappa shape index (κ3) is 3.81. The summed E-state index contributed by atoms with van der Waals surface area (Å²) < 4.78 is 24.0. The molecule has 0 spiro atoms. The molecule has 2 atom stereocenters. The third-order valence-electron chi connectivity index (χ3n) is 6.08. The summed E-state index contributed by atoms with van der Waals surface area (Å²) in [6, 6.07) is 9.81. The fraction of sp³-hybridized carbons (Fsp3) is 0.435. The topological polar surface area (TPSA) is 67.8 Å². The van der Waals surface area contributed by atoms with Crippen molar-refractivity contribution in [3.05, 3.63) is 58.9 Å². The average Bonchev–Trinajstić information content (AvgIpc) is 3.51. The van der Waals surface area contributed by atoms with E-state index in [0.29, 0.717) is 24.3 Å². The van der Waals surface area contributed by atoms with Gasteiger partial charge < -0.3 is 19.9 Å². The number of nitrogens with one attached hydrogen (secondary N) is 1. The van der Waals surface area contributed by atoms with Crippen molar-refractivity contribution in [1.82, 2.24) is 5.32 Å². The number of benzene rings is 2. The molecular formula is C23H26FNO4. The van der Waals surface area contributed by atoms with E-state index in [2.05, 4.69) is 5.32 Å². The number of methoxy groups -OCH3 is 2. The van der Waals surface area contributed by atoms with Crippen LogP contribution < -0.4 is 14.8 Å². The summed E-state index contributed by atoms with van der Waals surface area (Å²) in [6.45, 7) is 0.124. The summed E-state index contributed by atoms with van der Waals surface area (Å²) in [7, 11) is 3.14. The Morgan fingerprint density at radius 3 is 2.48 bits per heavy atom. The minimum absolute atomic E-state index is 0.124. The predicted molar refractivity (Wildman–Crippen MR) is 107 cm³/mol. The molecule has 0 saturated heterocycles. The molecule has 1 fully saturated rings. The first-order chi connectivity index (χ1) is 13.9. The highest BCUT2D eigenvalue weighted by atomic mass is 19.1. The number of carbonyl (C=O) groups is 1. The van der Waals surface area contributed by atoms with Crippen molar-refractivity contribution in [2.24, 2.45) is 5.92 Å². The molecule has 0 heterocycles. The summed E-state index contributed by atoms with van der Waals surface area (Å²) in [4.78, 5) is 13.0. The Morgan fingerprint density at radius 2 is 1.86 bits per heavy atom. The van der Waals surface area contributed by atoms with E-state index in [1.54, 1.807) is 32.4 Å². The van der Waals surface area contributed by atoms with Gasteiger partial charge in [0, 0.05) is 0 Å². The number of ether oxygens (including phenoxy) is 2. The molecular weight excluding hydrogens is 373 g/mol. The van der Waals surface area contributed by atoms with Crippen molar-refractivity contribution >= 4 is 5.91 Å². The number of rotatable bonds is 7. The van der Waals surface area contributed by atoms with Gasteiger partial charge in [-0.05, 0) is 72.6 Å². The van der Waals surface area contributed by atoms with Crippen LogP contribution in [0.3, 0.4) is 0 Å². The van der Waals surface area contributed by atoms with E-state index in [9.17, 15) is 14.3 Å². The standard InChI is InChI=1S/C23H26FNO4/c1-28-19-11-16-9-10-23(27,18(16)12-20(19)29-2)13-25-22(26)21(14-3-4-14)15-5-7-17(24)8-6-15/h5-8,11-12,14,21,27H,3-4,9-10,13H2,1-2H3,(H,25,26). The van der Waals surface area contributed by atoms with E-state index in [-0.39, 0.29) is 30.1 Å². The van der Waals surface area contributed by atoms with E-state index in [4.69, 9.17) is 9.47 Å². The number of hydrogen-bond donors (Lipinski definition) is 2. The molecule has 2 N–H and O–H groups in total. The molecule has 29 heavy (non-hydrogen) atoms. The number of aliphatic hydroxyl groups is 1. The summed E-state index contributed by atoms with van der Waals surface area (Å²) >= 11 is 0. The Labute approximate surface area is 169 Å². The molecule has 2 aliphatic rings. The van der Waals surface area contributed by atoms with E-state index in [1.807, 2.05) is 6.07 Å². The van der Waals surface area contributed by atoms with Gasteiger partial charge in [-0.3, -0.25) is 4.79 Å². The maximum absolute atomic E-state index is 13.3. The zero-order chi connectivity index (χ0) is 20.6. The lowest BCUT2D eigenvalue weighted by atomic mass is 9.91. The lowest BCUT2D eigenvalue weighted by Gasteiger charge is -2.26. The molecule has 2 aromatic rings. The second-order valence-electron chi connectivity index (χ2n) is 7.98. The van der Waals surface area contributed by atoms with Crippen LogP contribution in [0.5, 0.6) is 11.5 Å². The molecule has 6 heteroatoms. The van der Waals surface area contributed by atoms with Crippen LogP contribution in [0, 0.1) is 11.7 Å². The molecule has 0 bridgehead atoms.